The molecule has 18 heavy (non-hydrogen) atoms. The highest BCUT2D eigenvalue weighted by Gasteiger charge is 2.17. The van der Waals surface area contributed by atoms with Crippen molar-refractivity contribution >= 4 is 37.7 Å². The van der Waals surface area contributed by atoms with E-state index in [-0.39, 0.29) is 0 Å². The zero-order valence-electron chi connectivity index (χ0n) is 10.2. The van der Waals surface area contributed by atoms with Crippen molar-refractivity contribution < 1.29 is 4.52 Å². The predicted molar refractivity (Wildman–Crippen MR) is 80.3 cm³/mol. The van der Waals surface area contributed by atoms with Gasteiger partial charge in [-0.2, -0.15) is 0 Å². The molecule has 0 bridgehead atoms. The van der Waals surface area contributed by atoms with Crippen LogP contribution < -0.4 is 5.73 Å². The number of halogens is 2. The molecule has 2 aromatic rings. The summed E-state index contributed by atoms with van der Waals surface area (Å²) in [5.74, 6) is 0.913. The molecule has 0 unspecified atom stereocenters. The Morgan fingerprint density at radius 2 is 1.83 bits per heavy atom. The molecule has 0 saturated heterocycles. The average molecular weight is 374 g/mol. The summed E-state index contributed by atoms with van der Waals surface area (Å²) in [6.45, 7) is 4.29. The fourth-order valence-corrected chi connectivity index (χ4v) is 3.14. The third kappa shape index (κ3) is 2.95. The first-order valence-electron chi connectivity index (χ1n) is 5.68. The summed E-state index contributed by atoms with van der Waals surface area (Å²) in [5, 5.41) is 4.08. The maximum absolute atomic E-state index is 5.85. The van der Waals surface area contributed by atoms with Gasteiger partial charge in [-0.25, -0.2) is 0 Å². The van der Waals surface area contributed by atoms with Crippen molar-refractivity contribution in [2.45, 2.75) is 20.3 Å². The zero-order valence-corrected chi connectivity index (χ0v) is 13.4. The molecule has 96 valence electrons. The highest BCUT2D eigenvalue weighted by Crippen LogP contribution is 2.32. The number of rotatable bonds is 3. The van der Waals surface area contributed by atoms with E-state index in [9.17, 15) is 0 Å². The van der Waals surface area contributed by atoms with Crippen LogP contribution >= 0.6 is 31.9 Å². The fourth-order valence-electron chi connectivity index (χ4n) is 1.84. The zero-order chi connectivity index (χ0) is 13.3. The molecule has 0 amide bonds. The van der Waals surface area contributed by atoms with E-state index in [1.54, 1.807) is 0 Å². The van der Waals surface area contributed by atoms with Crippen LogP contribution in [0.4, 0.5) is 5.88 Å². The van der Waals surface area contributed by atoms with Gasteiger partial charge in [0.05, 0.1) is 0 Å². The minimum Gasteiger partial charge on any atom is -0.367 e. The lowest BCUT2D eigenvalue weighted by molar-refractivity contribution is 0.438. The summed E-state index contributed by atoms with van der Waals surface area (Å²) in [5.41, 5.74) is 8.65. The number of hydrogen-bond donors (Lipinski definition) is 1. The minimum atomic E-state index is 0.412. The van der Waals surface area contributed by atoms with E-state index in [1.165, 1.54) is 0 Å². The third-order valence-corrected chi connectivity index (χ3v) is 3.48. The molecule has 3 nitrogen and oxygen atoms in total. The number of nitrogens with two attached hydrogens (primary N) is 1. The van der Waals surface area contributed by atoms with Crippen LogP contribution in [0.3, 0.4) is 0 Å². The lowest BCUT2D eigenvalue weighted by atomic mass is 9.99. The Bertz CT molecular complexity index is 544. The summed E-state index contributed by atoms with van der Waals surface area (Å²) in [7, 11) is 0. The van der Waals surface area contributed by atoms with Crippen LogP contribution in [0.5, 0.6) is 0 Å². The van der Waals surface area contributed by atoms with Gasteiger partial charge in [0, 0.05) is 20.1 Å². The lowest BCUT2D eigenvalue weighted by Gasteiger charge is -2.06. The van der Waals surface area contributed by atoms with Crippen LogP contribution in [0.2, 0.25) is 0 Å². The quantitative estimate of drug-likeness (QED) is 0.851. The summed E-state index contributed by atoms with van der Waals surface area (Å²) in [6.07, 6.45) is 0.856. The molecule has 0 aliphatic heterocycles. The third-order valence-electron chi connectivity index (χ3n) is 2.57. The monoisotopic (exact) mass is 372 g/mol. The summed E-state index contributed by atoms with van der Waals surface area (Å²) in [4.78, 5) is 0. The smallest absolute Gasteiger partial charge is 0.225 e. The normalized spacial score (nSPS) is 11.2. The van der Waals surface area contributed by atoms with Crippen molar-refractivity contribution in [2.24, 2.45) is 5.92 Å². The van der Waals surface area contributed by atoms with Gasteiger partial charge in [-0.1, -0.05) is 50.9 Å². The van der Waals surface area contributed by atoms with Crippen LogP contribution in [-0.4, -0.2) is 5.16 Å². The molecule has 0 saturated carbocycles. The first-order valence-corrected chi connectivity index (χ1v) is 7.26. The van der Waals surface area contributed by atoms with Crippen molar-refractivity contribution in [3.05, 3.63) is 32.7 Å². The van der Waals surface area contributed by atoms with Crippen LogP contribution in [0.15, 0.2) is 31.7 Å². The standard InChI is InChI=1S/C13H14Br2N2O/c1-7(2)3-11-12(17-18-13(11)16)8-4-9(14)6-10(15)5-8/h4-7H,3,16H2,1-2H3. The minimum absolute atomic E-state index is 0.412. The maximum Gasteiger partial charge on any atom is 0.225 e. The molecule has 1 aromatic carbocycles. The molecular formula is C13H14Br2N2O. The number of aromatic nitrogens is 1. The lowest BCUT2D eigenvalue weighted by Crippen LogP contribution is -1.98. The molecule has 2 N–H and O–H groups in total. The Labute approximate surface area is 123 Å². The van der Waals surface area contributed by atoms with Gasteiger partial charge in [0.25, 0.3) is 0 Å². The van der Waals surface area contributed by atoms with E-state index in [4.69, 9.17) is 10.3 Å². The van der Waals surface area contributed by atoms with E-state index in [2.05, 4.69) is 50.9 Å². The second kappa shape index (κ2) is 5.45. The summed E-state index contributed by atoms with van der Waals surface area (Å²) in [6, 6.07) is 5.99. The molecule has 0 aliphatic rings. The van der Waals surface area contributed by atoms with E-state index in [1.807, 2.05) is 18.2 Å². The average Bonchev–Trinajstić information content (AvgIpc) is 2.58. The van der Waals surface area contributed by atoms with Gasteiger partial charge in [-0.05, 0) is 30.5 Å². The molecule has 0 radical (unpaired) electrons. The molecule has 1 aromatic heterocycles. The van der Waals surface area contributed by atoms with Crippen molar-refractivity contribution in [2.75, 3.05) is 5.73 Å². The molecule has 0 atom stereocenters. The highest BCUT2D eigenvalue weighted by atomic mass is 79.9. The first-order chi connectivity index (χ1) is 8.47. The number of nitrogens with zero attached hydrogens (tertiary/aromatic N) is 1. The molecular weight excluding hydrogens is 360 g/mol. The Hall–Kier alpha value is -0.810. The van der Waals surface area contributed by atoms with Crippen molar-refractivity contribution in [1.29, 1.82) is 0 Å². The molecule has 0 aliphatic carbocycles. The summed E-state index contributed by atoms with van der Waals surface area (Å²) >= 11 is 6.95. The van der Waals surface area contributed by atoms with Gasteiger partial charge in [0.15, 0.2) is 0 Å². The summed E-state index contributed by atoms with van der Waals surface area (Å²) < 4.78 is 7.11. The van der Waals surface area contributed by atoms with E-state index in [0.717, 1.165) is 32.2 Å². The Morgan fingerprint density at radius 3 is 2.39 bits per heavy atom. The van der Waals surface area contributed by atoms with Gasteiger partial charge in [-0.15, -0.1) is 0 Å². The number of hydrogen-bond acceptors (Lipinski definition) is 3. The molecule has 0 fully saturated rings. The van der Waals surface area contributed by atoms with Gasteiger partial charge >= 0.3 is 0 Å². The number of nitrogen functional groups attached to an aromatic ring is 1. The van der Waals surface area contributed by atoms with Gasteiger partial charge in [0.2, 0.25) is 5.88 Å². The van der Waals surface area contributed by atoms with Crippen LogP contribution in [0.25, 0.3) is 11.3 Å². The predicted octanol–water partition coefficient (Wildman–Crippen LogP) is 4.65. The Kier molecular flexibility index (Phi) is 4.12. The maximum atomic E-state index is 5.85. The van der Waals surface area contributed by atoms with Crippen LogP contribution in [-0.2, 0) is 6.42 Å². The van der Waals surface area contributed by atoms with Gasteiger partial charge in [0.1, 0.15) is 5.69 Å². The van der Waals surface area contributed by atoms with Crippen LogP contribution in [0.1, 0.15) is 19.4 Å². The van der Waals surface area contributed by atoms with Gasteiger partial charge in [-0.3, -0.25) is 0 Å². The van der Waals surface area contributed by atoms with Crippen molar-refractivity contribution in [3.63, 3.8) is 0 Å². The van der Waals surface area contributed by atoms with E-state index < -0.39 is 0 Å². The first kappa shape index (κ1) is 13.6. The molecule has 5 heteroatoms. The molecule has 1 heterocycles. The topological polar surface area (TPSA) is 52.0 Å². The number of anilines is 1. The van der Waals surface area contributed by atoms with Gasteiger partial charge < -0.3 is 10.3 Å². The second-order valence-corrected chi connectivity index (χ2v) is 6.46. The van der Waals surface area contributed by atoms with Crippen molar-refractivity contribution in [1.82, 2.24) is 5.16 Å². The number of benzene rings is 1. The van der Waals surface area contributed by atoms with E-state index >= 15 is 0 Å². The van der Waals surface area contributed by atoms with Crippen LogP contribution in [0, 0.1) is 5.92 Å². The largest absolute Gasteiger partial charge is 0.367 e. The molecule has 0 spiro atoms. The van der Waals surface area contributed by atoms with E-state index in [0.29, 0.717) is 11.8 Å². The fraction of sp³-hybridized carbons (Fsp3) is 0.308. The highest BCUT2D eigenvalue weighted by molar-refractivity contribution is 9.11. The Balaban J connectivity index is 2.50. The SMILES string of the molecule is CC(C)Cc1c(-c2cc(Br)cc(Br)c2)noc1N. The second-order valence-electron chi connectivity index (χ2n) is 4.63. The molecule has 2 rings (SSSR count). The van der Waals surface area contributed by atoms with Crippen molar-refractivity contribution in [3.8, 4) is 11.3 Å². The Morgan fingerprint density at radius 1 is 1.22 bits per heavy atom.